The number of hydrogen-bond acceptors (Lipinski definition) is 3. The van der Waals surface area contributed by atoms with Gasteiger partial charge in [-0.05, 0) is 37.6 Å². The molecule has 1 fully saturated rings. The molecule has 1 saturated carbocycles. The first-order valence-electron chi connectivity index (χ1n) is 6.16. The van der Waals surface area contributed by atoms with Crippen LogP contribution >= 0.6 is 0 Å². The molecular weight excluding hydrogens is 230 g/mol. The van der Waals surface area contributed by atoms with Crippen molar-refractivity contribution in [1.82, 2.24) is 4.90 Å². The third-order valence-corrected chi connectivity index (χ3v) is 3.68. The quantitative estimate of drug-likeness (QED) is 0.867. The van der Waals surface area contributed by atoms with E-state index < -0.39 is 5.97 Å². The first kappa shape index (κ1) is 12.9. The Balaban J connectivity index is 1.84. The highest BCUT2D eigenvalue weighted by Gasteiger charge is 2.36. The summed E-state index contributed by atoms with van der Waals surface area (Å²) in [6, 6.07) is 8.38. The van der Waals surface area contributed by atoms with Gasteiger partial charge >= 0.3 is 5.97 Å². The Hall–Kier alpha value is -1.55. The molecule has 0 aliphatic heterocycles. The zero-order valence-electron chi connectivity index (χ0n) is 10.8. The fourth-order valence-electron chi connectivity index (χ4n) is 2.30. The molecule has 0 atom stereocenters. The summed E-state index contributed by atoms with van der Waals surface area (Å²) in [7, 11) is 3.70. The summed E-state index contributed by atoms with van der Waals surface area (Å²) in [6.45, 7) is 0.848. The number of rotatable bonds is 5. The molecule has 98 valence electrons. The van der Waals surface area contributed by atoms with Gasteiger partial charge in [-0.2, -0.15) is 0 Å². The minimum atomic E-state index is -0.663. The van der Waals surface area contributed by atoms with Crippen LogP contribution < -0.4 is 4.74 Å². The van der Waals surface area contributed by atoms with E-state index in [2.05, 4.69) is 4.90 Å². The molecule has 4 nitrogen and oxygen atoms in total. The largest absolute Gasteiger partial charge is 0.497 e. The maximum Gasteiger partial charge on any atom is 0.306 e. The first-order chi connectivity index (χ1) is 8.60. The van der Waals surface area contributed by atoms with Crippen LogP contribution in [0.1, 0.15) is 18.4 Å². The van der Waals surface area contributed by atoms with E-state index in [1.165, 1.54) is 5.56 Å². The van der Waals surface area contributed by atoms with Crippen LogP contribution in [0.2, 0.25) is 0 Å². The minimum absolute atomic E-state index is 0.145. The number of carboxylic acids is 1. The predicted octanol–water partition coefficient (Wildman–Crippen LogP) is 1.99. The summed E-state index contributed by atoms with van der Waals surface area (Å²) < 4.78 is 5.12. The van der Waals surface area contributed by atoms with Crippen LogP contribution in [-0.2, 0) is 11.3 Å². The van der Waals surface area contributed by atoms with Crippen molar-refractivity contribution in [2.24, 2.45) is 5.92 Å². The number of ether oxygens (including phenoxy) is 1. The Morgan fingerprint density at radius 2 is 2.00 bits per heavy atom. The van der Waals surface area contributed by atoms with Crippen molar-refractivity contribution in [1.29, 1.82) is 0 Å². The number of carbonyl (C=O) groups is 1. The van der Waals surface area contributed by atoms with Gasteiger partial charge in [0.2, 0.25) is 0 Å². The molecule has 0 heterocycles. The molecule has 0 aromatic heterocycles. The lowest BCUT2D eigenvalue weighted by Crippen LogP contribution is -2.44. The summed E-state index contributed by atoms with van der Waals surface area (Å²) in [5, 5.41) is 8.85. The third-order valence-electron chi connectivity index (χ3n) is 3.68. The Morgan fingerprint density at radius 1 is 1.39 bits per heavy atom. The van der Waals surface area contributed by atoms with Gasteiger partial charge in [-0.15, -0.1) is 0 Å². The van der Waals surface area contributed by atoms with E-state index in [0.29, 0.717) is 6.04 Å². The lowest BCUT2D eigenvalue weighted by atomic mass is 9.79. The lowest BCUT2D eigenvalue weighted by Gasteiger charge is -2.39. The molecule has 1 N–H and O–H groups in total. The van der Waals surface area contributed by atoms with Gasteiger partial charge in [0, 0.05) is 12.6 Å². The van der Waals surface area contributed by atoms with E-state index >= 15 is 0 Å². The standard InChI is InChI=1S/C14H19NO3/c1-15(12-7-11(8-12)14(16)17)9-10-3-5-13(18-2)6-4-10/h3-6,11-12H,7-9H2,1-2H3,(H,16,17). The van der Waals surface area contributed by atoms with Crippen molar-refractivity contribution >= 4 is 5.97 Å². The summed E-state index contributed by atoms with van der Waals surface area (Å²) in [4.78, 5) is 13.0. The summed E-state index contributed by atoms with van der Waals surface area (Å²) >= 11 is 0. The monoisotopic (exact) mass is 249 g/mol. The van der Waals surface area contributed by atoms with E-state index in [-0.39, 0.29) is 5.92 Å². The van der Waals surface area contributed by atoms with Crippen molar-refractivity contribution < 1.29 is 14.6 Å². The van der Waals surface area contributed by atoms with Gasteiger partial charge in [-0.3, -0.25) is 9.69 Å². The Labute approximate surface area is 107 Å². The zero-order valence-corrected chi connectivity index (χ0v) is 10.8. The fraction of sp³-hybridized carbons (Fsp3) is 0.500. The second-order valence-corrected chi connectivity index (χ2v) is 4.92. The average Bonchev–Trinajstić information content (AvgIpc) is 2.27. The number of methoxy groups -OCH3 is 1. The summed E-state index contributed by atoms with van der Waals surface area (Å²) in [5.74, 6) is 0.0494. The molecule has 1 aliphatic rings. The van der Waals surface area contributed by atoms with E-state index in [1.807, 2.05) is 31.3 Å². The molecular formula is C14H19NO3. The molecule has 2 rings (SSSR count). The molecule has 4 heteroatoms. The van der Waals surface area contributed by atoms with Gasteiger partial charge in [-0.1, -0.05) is 12.1 Å². The van der Waals surface area contributed by atoms with E-state index in [0.717, 1.165) is 25.1 Å². The Kier molecular flexibility index (Phi) is 3.87. The number of nitrogens with zero attached hydrogens (tertiary/aromatic N) is 1. The third kappa shape index (κ3) is 2.82. The van der Waals surface area contributed by atoms with Gasteiger partial charge < -0.3 is 9.84 Å². The van der Waals surface area contributed by atoms with Crippen LogP contribution in [0.25, 0.3) is 0 Å². The lowest BCUT2D eigenvalue weighted by molar-refractivity contribution is -0.146. The molecule has 18 heavy (non-hydrogen) atoms. The van der Waals surface area contributed by atoms with Crippen LogP contribution in [0, 0.1) is 5.92 Å². The molecule has 0 amide bonds. The summed E-state index contributed by atoms with van der Waals surface area (Å²) in [6.07, 6.45) is 1.53. The van der Waals surface area contributed by atoms with E-state index in [1.54, 1.807) is 7.11 Å². The van der Waals surface area contributed by atoms with Crippen LogP contribution in [0.5, 0.6) is 5.75 Å². The fourth-order valence-corrected chi connectivity index (χ4v) is 2.30. The van der Waals surface area contributed by atoms with Crippen LogP contribution in [0.15, 0.2) is 24.3 Å². The molecule has 0 bridgehead atoms. The smallest absolute Gasteiger partial charge is 0.306 e. The van der Waals surface area contributed by atoms with E-state index in [9.17, 15) is 4.79 Å². The van der Waals surface area contributed by atoms with Crippen LogP contribution in [0.3, 0.4) is 0 Å². The molecule has 0 saturated heterocycles. The highest BCUT2D eigenvalue weighted by atomic mass is 16.5. The maximum atomic E-state index is 10.7. The Bertz CT molecular complexity index is 410. The molecule has 1 aliphatic carbocycles. The second-order valence-electron chi connectivity index (χ2n) is 4.92. The van der Waals surface area contributed by atoms with Crippen molar-refractivity contribution in [3.05, 3.63) is 29.8 Å². The van der Waals surface area contributed by atoms with Crippen LogP contribution in [0.4, 0.5) is 0 Å². The van der Waals surface area contributed by atoms with Crippen molar-refractivity contribution in [3.8, 4) is 5.75 Å². The second kappa shape index (κ2) is 5.40. The van der Waals surface area contributed by atoms with E-state index in [4.69, 9.17) is 9.84 Å². The summed E-state index contributed by atoms with van der Waals surface area (Å²) in [5.41, 5.74) is 1.22. The van der Waals surface area contributed by atoms with Crippen molar-refractivity contribution in [3.63, 3.8) is 0 Å². The number of carboxylic acid groups (broad SMARTS) is 1. The van der Waals surface area contributed by atoms with Gasteiger partial charge in [0.1, 0.15) is 5.75 Å². The van der Waals surface area contributed by atoms with Crippen LogP contribution in [-0.4, -0.2) is 36.2 Å². The topological polar surface area (TPSA) is 49.8 Å². The molecule has 0 radical (unpaired) electrons. The number of aliphatic carboxylic acids is 1. The minimum Gasteiger partial charge on any atom is -0.497 e. The molecule has 1 aromatic carbocycles. The number of benzene rings is 1. The highest BCUT2D eigenvalue weighted by Crippen LogP contribution is 2.32. The van der Waals surface area contributed by atoms with Crippen molar-refractivity contribution in [2.45, 2.75) is 25.4 Å². The zero-order chi connectivity index (χ0) is 13.1. The Morgan fingerprint density at radius 3 is 2.50 bits per heavy atom. The SMILES string of the molecule is COc1ccc(CN(C)C2CC(C(=O)O)C2)cc1. The van der Waals surface area contributed by atoms with Gasteiger partial charge in [0.15, 0.2) is 0 Å². The molecule has 0 unspecified atom stereocenters. The normalized spacial score (nSPS) is 22.6. The maximum absolute atomic E-state index is 10.7. The van der Waals surface area contributed by atoms with Gasteiger partial charge in [0.05, 0.1) is 13.0 Å². The number of hydrogen-bond donors (Lipinski definition) is 1. The predicted molar refractivity (Wildman–Crippen MR) is 68.6 cm³/mol. The van der Waals surface area contributed by atoms with Gasteiger partial charge in [-0.25, -0.2) is 0 Å². The highest BCUT2D eigenvalue weighted by molar-refractivity contribution is 5.71. The van der Waals surface area contributed by atoms with Crippen molar-refractivity contribution in [2.75, 3.05) is 14.2 Å². The molecule has 1 aromatic rings. The first-order valence-corrected chi connectivity index (χ1v) is 6.16. The van der Waals surface area contributed by atoms with Gasteiger partial charge in [0.25, 0.3) is 0 Å². The average molecular weight is 249 g/mol. The molecule has 0 spiro atoms.